The average Bonchev–Trinajstić information content (AvgIpc) is 2.99. The number of aromatic nitrogens is 1. The summed E-state index contributed by atoms with van der Waals surface area (Å²) in [5.74, 6) is 1.66. The molecule has 1 saturated heterocycles. The van der Waals surface area contributed by atoms with Gasteiger partial charge in [-0.15, -0.1) is 0 Å². The SMILES string of the molecule is CCOc1cc2[nH]cc(CCCN3CCNCC3)c2cc1OCC. The normalized spacial score (nSPS) is 15.8. The molecule has 1 aromatic carbocycles. The van der Waals surface area contributed by atoms with Crippen molar-refractivity contribution in [2.75, 3.05) is 45.9 Å². The molecule has 0 unspecified atom stereocenters. The molecule has 24 heavy (non-hydrogen) atoms. The summed E-state index contributed by atoms with van der Waals surface area (Å²) in [7, 11) is 0. The second kappa shape index (κ2) is 8.40. The maximum atomic E-state index is 5.77. The predicted octanol–water partition coefficient (Wildman–Crippen LogP) is 2.80. The number of nitrogens with zero attached hydrogens (tertiary/aromatic N) is 1. The number of ether oxygens (including phenoxy) is 2. The highest BCUT2D eigenvalue weighted by Gasteiger charge is 2.13. The molecule has 3 rings (SSSR count). The van der Waals surface area contributed by atoms with Gasteiger partial charge in [0, 0.05) is 49.3 Å². The van der Waals surface area contributed by atoms with E-state index in [1.807, 2.05) is 13.8 Å². The molecule has 1 aromatic heterocycles. The van der Waals surface area contributed by atoms with Gasteiger partial charge in [0.15, 0.2) is 11.5 Å². The van der Waals surface area contributed by atoms with E-state index in [0.717, 1.165) is 36.5 Å². The topological polar surface area (TPSA) is 49.5 Å². The fraction of sp³-hybridized carbons (Fsp3) is 0.579. The molecule has 2 aromatic rings. The van der Waals surface area contributed by atoms with Crippen LogP contribution in [0.2, 0.25) is 0 Å². The lowest BCUT2D eigenvalue weighted by atomic mass is 10.1. The first-order chi connectivity index (χ1) is 11.8. The third kappa shape index (κ3) is 4.02. The van der Waals surface area contributed by atoms with Crippen molar-refractivity contribution in [2.24, 2.45) is 0 Å². The van der Waals surface area contributed by atoms with Gasteiger partial charge < -0.3 is 24.7 Å². The van der Waals surface area contributed by atoms with Gasteiger partial charge >= 0.3 is 0 Å². The van der Waals surface area contributed by atoms with Gasteiger partial charge in [-0.05, 0) is 44.9 Å². The Kier molecular flexibility index (Phi) is 5.99. The average molecular weight is 331 g/mol. The molecule has 2 heterocycles. The quantitative estimate of drug-likeness (QED) is 0.781. The molecule has 132 valence electrons. The van der Waals surface area contributed by atoms with Crippen LogP contribution < -0.4 is 14.8 Å². The van der Waals surface area contributed by atoms with Crippen molar-refractivity contribution < 1.29 is 9.47 Å². The first kappa shape index (κ1) is 17.1. The molecule has 1 aliphatic heterocycles. The highest BCUT2D eigenvalue weighted by molar-refractivity contribution is 5.86. The van der Waals surface area contributed by atoms with Gasteiger partial charge in [0.25, 0.3) is 0 Å². The molecule has 1 fully saturated rings. The van der Waals surface area contributed by atoms with E-state index in [1.165, 1.54) is 37.0 Å². The van der Waals surface area contributed by atoms with Crippen molar-refractivity contribution in [3.8, 4) is 11.5 Å². The fourth-order valence-electron chi connectivity index (χ4n) is 3.36. The van der Waals surface area contributed by atoms with Crippen molar-refractivity contribution in [3.63, 3.8) is 0 Å². The third-order valence-corrected chi connectivity index (χ3v) is 4.56. The van der Waals surface area contributed by atoms with E-state index in [2.05, 4.69) is 33.5 Å². The molecule has 1 aliphatic rings. The van der Waals surface area contributed by atoms with Gasteiger partial charge in [-0.2, -0.15) is 0 Å². The van der Waals surface area contributed by atoms with E-state index < -0.39 is 0 Å². The Hall–Kier alpha value is -1.72. The van der Waals surface area contributed by atoms with Crippen LogP contribution in [0.25, 0.3) is 10.9 Å². The molecule has 0 spiro atoms. The predicted molar refractivity (Wildman–Crippen MR) is 98.3 cm³/mol. The number of aryl methyl sites for hydroxylation is 1. The molecule has 2 N–H and O–H groups in total. The zero-order valence-corrected chi connectivity index (χ0v) is 14.9. The number of rotatable bonds is 8. The van der Waals surface area contributed by atoms with Gasteiger partial charge in [0.2, 0.25) is 0 Å². The highest BCUT2D eigenvalue weighted by Crippen LogP contribution is 2.34. The van der Waals surface area contributed by atoms with Gasteiger partial charge in [-0.3, -0.25) is 0 Å². The van der Waals surface area contributed by atoms with Crippen LogP contribution in [0, 0.1) is 0 Å². The number of hydrogen-bond donors (Lipinski definition) is 2. The highest BCUT2D eigenvalue weighted by atomic mass is 16.5. The van der Waals surface area contributed by atoms with Crippen LogP contribution in [0.3, 0.4) is 0 Å². The molecule has 5 heteroatoms. The van der Waals surface area contributed by atoms with E-state index in [1.54, 1.807) is 0 Å². The minimum Gasteiger partial charge on any atom is -0.490 e. The van der Waals surface area contributed by atoms with Crippen molar-refractivity contribution in [2.45, 2.75) is 26.7 Å². The summed E-state index contributed by atoms with van der Waals surface area (Å²) >= 11 is 0. The Morgan fingerprint density at radius 1 is 1.04 bits per heavy atom. The van der Waals surface area contributed by atoms with Gasteiger partial charge in [0.1, 0.15) is 0 Å². The standard InChI is InChI=1S/C19H29N3O2/c1-3-23-18-12-16-15(6-5-9-22-10-7-20-8-11-22)14-21-17(16)13-19(18)24-4-2/h12-14,20-21H,3-11H2,1-2H3. The maximum absolute atomic E-state index is 5.77. The summed E-state index contributed by atoms with van der Waals surface area (Å²) < 4.78 is 11.5. The Balaban J connectivity index is 1.70. The second-order valence-electron chi connectivity index (χ2n) is 6.22. The van der Waals surface area contributed by atoms with Gasteiger partial charge in [-0.1, -0.05) is 0 Å². The van der Waals surface area contributed by atoms with Crippen molar-refractivity contribution in [1.29, 1.82) is 0 Å². The van der Waals surface area contributed by atoms with Crippen LogP contribution >= 0.6 is 0 Å². The number of piperazine rings is 1. The minimum absolute atomic E-state index is 0.643. The Morgan fingerprint density at radius 3 is 2.46 bits per heavy atom. The lowest BCUT2D eigenvalue weighted by molar-refractivity contribution is 0.238. The lowest BCUT2D eigenvalue weighted by Crippen LogP contribution is -2.43. The molecule has 5 nitrogen and oxygen atoms in total. The maximum Gasteiger partial charge on any atom is 0.163 e. The first-order valence-corrected chi connectivity index (χ1v) is 9.14. The fourth-order valence-corrected chi connectivity index (χ4v) is 3.36. The zero-order valence-electron chi connectivity index (χ0n) is 14.9. The second-order valence-corrected chi connectivity index (χ2v) is 6.22. The Labute approximate surface area is 144 Å². The summed E-state index contributed by atoms with van der Waals surface area (Å²) in [4.78, 5) is 5.93. The number of benzene rings is 1. The van der Waals surface area contributed by atoms with E-state index in [4.69, 9.17) is 9.47 Å². The van der Waals surface area contributed by atoms with E-state index >= 15 is 0 Å². The summed E-state index contributed by atoms with van der Waals surface area (Å²) in [6, 6.07) is 4.18. The van der Waals surface area contributed by atoms with Crippen LogP contribution in [0.5, 0.6) is 11.5 Å². The van der Waals surface area contributed by atoms with Gasteiger partial charge in [-0.25, -0.2) is 0 Å². The lowest BCUT2D eigenvalue weighted by Gasteiger charge is -2.26. The van der Waals surface area contributed by atoms with Crippen LogP contribution in [0.15, 0.2) is 18.3 Å². The van der Waals surface area contributed by atoms with Crippen LogP contribution in [-0.4, -0.2) is 55.8 Å². The number of nitrogens with one attached hydrogen (secondary N) is 2. The smallest absolute Gasteiger partial charge is 0.163 e. The van der Waals surface area contributed by atoms with E-state index in [-0.39, 0.29) is 0 Å². The van der Waals surface area contributed by atoms with Crippen LogP contribution in [0.1, 0.15) is 25.8 Å². The summed E-state index contributed by atoms with van der Waals surface area (Å²) in [5.41, 5.74) is 2.49. The van der Waals surface area contributed by atoms with Crippen LogP contribution in [0.4, 0.5) is 0 Å². The van der Waals surface area contributed by atoms with E-state index in [9.17, 15) is 0 Å². The number of aromatic amines is 1. The van der Waals surface area contributed by atoms with E-state index in [0.29, 0.717) is 13.2 Å². The molecule has 0 aliphatic carbocycles. The molecule has 0 bridgehead atoms. The number of H-pyrrole nitrogens is 1. The molecular formula is C19H29N3O2. The summed E-state index contributed by atoms with van der Waals surface area (Å²) in [6.45, 7) is 11.0. The largest absolute Gasteiger partial charge is 0.490 e. The molecule has 0 amide bonds. The van der Waals surface area contributed by atoms with Crippen LogP contribution in [-0.2, 0) is 6.42 Å². The van der Waals surface area contributed by atoms with Gasteiger partial charge in [0.05, 0.1) is 13.2 Å². The number of hydrogen-bond acceptors (Lipinski definition) is 4. The van der Waals surface area contributed by atoms with Crippen molar-refractivity contribution in [1.82, 2.24) is 15.2 Å². The van der Waals surface area contributed by atoms with Crippen molar-refractivity contribution >= 4 is 10.9 Å². The first-order valence-electron chi connectivity index (χ1n) is 9.14. The summed E-state index contributed by atoms with van der Waals surface area (Å²) in [5, 5.41) is 4.66. The minimum atomic E-state index is 0.643. The molecule has 0 saturated carbocycles. The molecule has 0 radical (unpaired) electrons. The molecule has 0 atom stereocenters. The third-order valence-electron chi connectivity index (χ3n) is 4.56. The summed E-state index contributed by atoms with van der Waals surface area (Å²) in [6.07, 6.45) is 4.40. The number of fused-ring (bicyclic) bond motifs is 1. The monoisotopic (exact) mass is 331 g/mol. The zero-order chi connectivity index (χ0) is 16.8. The Morgan fingerprint density at radius 2 is 1.75 bits per heavy atom. The Bertz CT molecular complexity index is 647. The molecular weight excluding hydrogens is 302 g/mol. The van der Waals surface area contributed by atoms with Crippen molar-refractivity contribution in [3.05, 3.63) is 23.9 Å².